The Bertz CT molecular complexity index is 513. The highest BCUT2D eigenvalue weighted by Crippen LogP contribution is 2.14. The molecule has 0 aliphatic carbocycles. The van der Waals surface area contributed by atoms with Gasteiger partial charge in [-0.15, -0.1) is 0 Å². The molecular weight excluding hydrogens is 264 g/mol. The van der Waals surface area contributed by atoms with E-state index in [4.69, 9.17) is 10.00 Å². The lowest BCUT2D eigenvalue weighted by molar-refractivity contribution is -0.117. The lowest BCUT2D eigenvalue weighted by Gasteiger charge is -2.05. The Balaban J connectivity index is 2.69. The highest BCUT2D eigenvalue weighted by Gasteiger charge is 2.07. The van der Waals surface area contributed by atoms with Gasteiger partial charge in [0.25, 0.3) is 5.91 Å². The van der Waals surface area contributed by atoms with Gasteiger partial charge in [-0.25, -0.2) is 0 Å². The molecule has 1 aromatic carbocycles. The number of nitrogens with one attached hydrogen (secondary N) is 1. The molecule has 1 amide bonds. The van der Waals surface area contributed by atoms with Crippen LogP contribution in [0, 0.1) is 11.3 Å². The molecule has 4 heteroatoms. The number of hydrogen-bond donors (Lipinski definition) is 1. The van der Waals surface area contributed by atoms with E-state index in [1.54, 1.807) is 6.08 Å². The predicted molar refractivity (Wildman–Crippen MR) is 83.7 cm³/mol. The summed E-state index contributed by atoms with van der Waals surface area (Å²) in [4.78, 5) is 11.8. The smallest absolute Gasteiger partial charge is 0.261 e. The van der Waals surface area contributed by atoms with E-state index in [1.165, 1.54) is 0 Å². The van der Waals surface area contributed by atoms with Crippen LogP contribution in [0.2, 0.25) is 0 Å². The molecule has 0 spiro atoms. The quantitative estimate of drug-likeness (QED) is 0.453. The average molecular weight is 286 g/mol. The standard InChI is InChI=1S/C17H22N2O2/c1-3-5-10-19-17(20)15(13-18)12-14-6-8-16(9-7-14)21-11-4-2/h6-9,12H,3-5,10-11H2,1-2H3,(H,19,20)/b15-12+. The minimum absolute atomic E-state index is 0.119. The van der Waals surface area contributed by atoms with Crippen LogP contribution in [-0.4, -0.2) is 19.1 Å². The molecule has 0 saturated carbocycles. The van der Waals surface area contributed by atoms with Crippen LogP contribution >= 0.6 is 0 Å². The van der Waals surface area contributed by atoms with Crippen LogP contribution in [0.3, 0.4) is 0 Å². The van der Waals surface area contributed by atoms with Crippen LogP contribution in [0.25, 0.3) is 6.08 Å². The summed E-state index contributed by atoms with van der Waals surface area (Å²) >= 11 is 0. The molecule has 0 heterocycles. The monoisotopic (exact) mass is 286 g/mol. The van der Waals surface area contributed by atoms with E-state index in [-0.39, 0.29) is 11.5 Å². The summed E-state index contributed by atoms with van der Waals surface area (Å²) in [5.74, 6) is 0.470. The van der Waals surface area contributed by atoms with Crippen molar-refractivity contribution in [3.63, 3.8) is 0 Å². The molecule has 1 N–H and O–H groups in total. The van der Waals surface area contributed by atoms with Gasteiger partial charge in [-0.2, -0.15) is 5.26 Å². The van der Waals surface area contributed by atoms with Gasteiger partial charge in [-0.3, -0.25) is 4.79 Å². The summed E-state index contributed by atoms with van der Waals surface area (Å²) in [6.45, 7) is 5.37. The molecule has 1 rings (SSSR count). The molecule has 1 aromatic rings. The number of benzene rings is 1. The van der Waals surface area contributed by atoms with Crippen LogP contribution in [0.15, 0.2) is 29.8 Å². The fourth-order valence-electron chi connectivity index (χ4n) is 1.67. The lowest BCUT2D eigenvalue weighted by Crippen LogP contribution is -2.25. The first kappa shape index (κ1) is 16.8. The number of amides is 1. The van der Waals surface area contributed by atoms with Crippen molar-refractivity contribution in [2.75, 3.05) is 13.2 Å². The number of nitrogens with zero attached hydrogens (tertiary/aromatic N) is 1. The van der Waals surface area contributed by atoms with E-state index in [0.717, 1.165) is 30.6 Å². The summed E-state index contributed by atoms with van der Waals surface area (Å²) in [7, 11) is 0. The highest BCUT2D eigenvalue weighted by atomic mass is 16.5. The second-order valence-electron chi connectivity index (χ2n) is 4.70. The Morgan fingerprint density at radius 2 is 2.00 bits per heavy atom. The van der Waals surface area contributed by atoms with Crippen LogP contribution in [0.1, 0.15) is 38.7 Å². The lowest BCUT2D eigenvalue weighted by atomic mass is 10.1. The molecule has 21 heavy (non-hydrogen) atoms. The van der Waals surface area contributed by atoms with Gasteiger partial charge in [0.2, 0.25) is 0 Å². The van der Waals surface area contributed by atoms with E-state index in [2.05, 4.69) is 12.2 Å². The zero-order valence-corrected chi connectivity index (χ0v) is 12.7. The SMILES string of the molecule is CCCCNC(=O)/C(C#N)=C/c1ccc(OCCC)cc1. The molecule has 4 nitrogen and oxygen atoms in total. The van der Waals surface area contributed by atoms with E-state index in [1.807, 2.05) is 37.3 Å². The first-order valence-corrected chi connectivity index (χ1v) is 7.34. The van der Waals surface area contributed by atoms with Crippen molar-refractivity contribution in [2.45, 2.75) is 33.1 Å². The number of carbonyl (C=O) groups is 1. The van der Waals surface area contributed by atoms with Crippen molar-refractivity contribution >= 4 is 12.0 Å². The zero-order valence-electron chi connectivity index (χ0n) is 12.7. The van der Waals surface area contributed by atoms with Gasteiger partial charge in [0.1, 0.15) is 17.4 Å². The third-order valence-corrected chi connectivity index (χ3v) is 2.84. The largest absolute Gasteiger partial charge is 0.494 e. The van der Waals surface area contributed by atoms with E-state index < -0.39 is 0 Å². The first-order valence-electron chi connectivity index (χ1n) is 7.34. The number of nitriles is 1. The molecule has 0 unspecified atom stereocenters. The normalized spacial score (nSPS) is 10.8. The van der Waals surface area contributed by atoms with Crippen molar-refractivity contribution in [3.05, 3.63) is 35.4 Å². The maximum Gasteiger partial charge on any atom is 0.261 e. The minimum Gasteiger partial charge on any atom is -0.494 e. The molecule has 0 fully saturated rings. The van der Waals surface area contributed by atoms with Gasteiger partial charge >= 0.3 is 0 Å². The van der Waals surface area contributed by atoms with Gasteiger partial charge in [-0.1, -0.05) is 32.4 Å². The van der Waals surface area contributed by atoms with E-state index in [0.29, 0.717) is 13.2 Å². The number of carbonyl (C=O) groups excluding carboxylic acids is 1. The molecule has 0 aliphatic heterocycles. The van der Waals surface area contributed by atoms with Crippen molar-refractivity contribution in [2.24, 2.45) is 0 Å². The molecular formula is C17H22N2O2. The van der Waals surface area contributed by atoms with Crippen LogP contribution < -0.4 is 10.1 Å². The number of ether oxygens (including phenoxy) is 1. The van der Waals surface area contributed by atoms with E-state index in [9.17, 15) is 4.79 Å². The average Bonchev–Trinajstić information content (AvgIpc) is 2.51. The van der Waals surface area contributed by atoms with Gasteiger partial charge in [0, 0.05) is 6.54 Å². The molecule has 112 valence electrons. The summed E-state index contributed by atoms with van der Waals surface area (Å²) in [5.41, 5.74) is 0.925. The minimum atomic E-state index is -0.322. The summed E-state index contributed by atoms with van der Waals surface area (Å²) in [6, 6.07) is 9.29. The highest BCUT2D eigenvalue weighted by molar-refractivity contribution is 6.01. The summed E-state index contributed by atoms with van der Waals surface area (Å²) < 4.78 is 5.49. The number of rotatable bonds is 8. The fraction of sp³-hybridized carbons (Fsp3) is 0.412. The van der Waals surface area contributed by atoms with Crippen LogP contribution in [-0.2, 0) is 4.79 Å². The molecule has 0 atom stereocenters. The number of unbranched alkanes of at least 4 members (excludes halogenated alkanes) is 1. The maximum absolute atomic E-state index is 11.8. The van der Waals surface area contributed by atoms with Gasteiger partial charge in [-0.05, 0) is 36.6 Å². The van der Waals surface area contributed by atoms with Gasteiger partial charge in [0.15, 0.2) is 0 Å². The summed E-state index contributed by atoms with van der Waals surface area (Å²) in [5, 5.41) is 11.8. The molecule has 0 saturated heterocycles. The third kappa shape index (κ3) is 6.13. The van der Waals surface area contributed by atoms with E-state index >= 15 is 0 Å². The third-order valence-electron chi connectivity index (χ3n) is 2.84. The first-order chi connectivity index (χ1) is 10.2. The Morgan fingerprint density at radius 3 is 2.57 bits per heavy atom. The van der Waals surface area contributed by atoms with Gasteiger partial charge < -0.3 is 10.1 Å². The second kappa shape index (κ2) is 9.60. The Kier molecular flexibility index (Phi) is 7.67. The second-order valence-corrected chi connectivity index (χ2v) is 4.70. The Morgan fingerprint density at radius 1 is 1.29 bits per heavy atom. The topological polar surface area (TPSA) is 62.1 Å². The van der Waals surface area contributed by atoms with Crippen molar-refractivity contribution in [1.82, 2.24) is 5.32 Å². The van der Waals surface area contributed by atoms with Crippen LogP contribution in [0.5, 0.6) is 5.75 Å². The van der Waals surface area contributed by atoms with Crippen molar-refractivity contribution in [1.29, 1.82) is 5.26 Å². The van der Waals surface area contributed by atoms with Crippen LogP contribution in [0.4, 0.5) is 0 Å². The number of hydrogen-bond acceptors (Lipinski definition) is 3. The fourth-order valence-corrected chi connectivity index (χ4v) is 1.67. The predicted octanol–water partition coefficient (Wildman–Crippen LogP) is 3.30. The molecule has 0 radical (unpaired) electrons. The zero-order chi connectivity index (χ0) is 15.5. The summed E-state index contributed by atoms with van der Waals surface area (Å²) in [6.07, 6.45) is 4.46. The molecule has 0 bridgehead atoms. The van der Waals surface area contributed by atoms with Gasteiger partial charge in [0.05, 0.1) is 6.61 Å². The van der Waals surface area contributed by atoms with Crippen molar-refractivity contribution in [3.8, 4) is 11.8 Å². The maximum atomic E-state index is 11.8. The molecule has 0 aliphatic rings. The molecule has 0 aromatic heterocycles. The Labute approximate surface area is 126 Å². The Hall–Kier alpha value is -2.28. The van der Waals surface area contributed by atoms with Crippen molar-refractivity contribution < 1.29 is 9.53 Å².